The fourth-order valence-electron chi connectivity index (χ4n) is 8.60. The molecule has 1 amide bonds. The zero-order chi connectivity index (χ0) is 34.0. The van der Waals surface area contributed by atoms with Crippen LogP contribution in [0.3, 0.4) is 0 Å². The Labute approximate surface area is 292 Å². The van der Waals surface area contributed by atoms with Crippen LogP contribution in [0.2, 0.25) is 5.02 Å². The fraction of sp³-hybridized carbons (Fsp3) is 0.658. The van der Waals surface area contributed by atoms with Crippen LogP contribution in [0.5, 0.6) is 5.75 Å². The number of halogens is 1. The van der Waals surface area contributed by atoms with E-state index in [9.17, 15) is 18.3 Å². The summed E-state index contributed by atoms with van der Waals surface area (Å²) in [7, 11) is -1.75. The van der Waals surface area contributed by atoms with E-state index in [2.05, 4.69) is 21.6 Å². The van der Waals surface area contributed by atoms with Crippen molar-refractivity contribution in [2.75, 3.05) is 38.1 Å². The minimum atomic E-state index is -3.91. The van der Waals surface area contributed by atoms with E-state index in [1.165, 1.54) is 5.56 Å². The molecule has 0 spiro atoms. The fourth-order valence-corrected chi connectivity index (χ4v) is 10.1. The third-order valence-electron chi connectivity index (χ3n) is 12.1. The summed E-state index contributed by atoms with van der Waals surface area (Å²) >= 11 is 6.37. The number of rotatable bonds is 2. The van der Waals surface area contributed by atoms with Gasteiger partial charge in [-0.1, -0.05) is 31.0 Å². The molecule has 2 aromatic rings. The number of likely N-dealkylation sites (tertiary alicyclic amines) is 1. The van der Waals surface area contributed by atoms with Gasteiger partial charge in [-0.05, 0) is 156 Å². The Morgan fingerprint density at radius 1 is 0.938 bits per heavy atom. The number of sulfonamides is 1. The summed E-state index contributed by atoms with van der Waals surface area (Å²) in [6.07, 6.45) is 9.23. The molecule has 3 heterocycles. The second-order valence-corrected chi connectivity index (χ2v) is 17.6. The van der Waals surface area contributed by atoms with Gasteiger partial charge in [0.15, 0.2) is 0 Å². The number of hydrogen-bond acceptors (Lipinski definition) is 7. The first-order valence-electron chi connectivity index (χ1n) is 18.2. The molecule has 264 valence electrons. The van der Waals surface area contributed by atoms with Crippen molar-refractivity contribution in [3.63, 3.8) is 0 Å². The van der Waals surface area contributed by atoms with Gasteiger partial charge in [-0.2, -0.15) is 0 Å². The molecule has 6 atom stereocenters. The number of carbonyl (C=O) groups is 1. The number of aryl methyl sites for hydroxylation is 1. The van der Waals surface area contributed by atoms with Crippen molar-refractivity contribution in [2.45, 2.75) is 96.0 Å². The number of fused-ring (bicyclic) bond motifs is 3. The normalized spacial score (nSPS) is 30.0. The monoisotopic (exact) mass is 699 g/mol. The molecular weight excluding hydrogens is 646 g/mol. The number of aliphatic hydroxyl groups is 1. The Morgan fingerprint density at radius 3 is 2.48 bits per heavy atom. The van der Waals surface area contributed by atoms with Crippen LogP contribution in [-0.2, 0) is 23.1 Å². The van der Waals surface area contributed by atoms with Crippen molar-refractivity contribution < 1.29 is 23.1 Å². The molecule has 4 aliphatic rings. The lowest BCUT2D eigenvalue weighted by Gasteiger charge is -2.48. The first-order valence-corrected chi connectivity index (χ1v) is 20.1. The van der Waals surface area contributed by atoms with Crippen LogP contribution in [-0.4, -0.2) is 68.9 Å². The third-order valence-corrected chi connectivity index (χ3v) is 14.3. The van der Waals surface area contributed by atoms with E-state index in [0.717, 1.165) is 107 Å². The molecule has 1 unspecified atom stereocenters. The molecule has 2 aromatic carbocycles. The van der Waals surface area contributed by atoms with Gasteiger partial charge in [0.05, 0.1) is 17.0 Å². The molecule has 6 rings (SSSR count). The number of nitrogens with one attached hydrogen (secondary N) is 1. The van der Waals surface area contributed by atoms with Gasteiger partial charge in [-0.15, -0.1) is 0 Å². The molecule has 1 saturated heterocycles. The highest BCUT2D eigenvalue weighted by Crippen LogP contribution is 2.47. The quantitative estimate of drug-likeness (QED) is 0.361. The third kappa shape index (κ3) is 8.00. The van der Waals surface area contributed by atoms with Crippen molar-refractivity contribution in [2.24, 2.45) is 29.6 Å². The lowest BCUT2D eigenvalue weighted by molar-refractivity contribution is -0.0413. The minimum absolute atomic E-state index is 0.129. The van der Waals surface area contributed by atoms with E-state index in [1.807, 2.05) is 37.3 Å². The highest BCUT2D eigenvalue weighted by molar-refractivity contribution is 7.90. The van der Waals surface area contributed by atoms with Crippen LogP contribution >= 0.6 is 11.6 Å². The Morgan fingerprint density at radius 2 is 1.73 bits per heavy atom. The number of piperidine rings is 1. The van der Waals surface area contributed by atoms with E-state index < -0.39 is 21.2 Å². The van der Waals surface area contributed by atoms with Crippen molar-refractivity contribution in [1.29, 1.82) is 0 Å². The maximum absolute atomic E-state index is 13.5. The average Bonchev–Trinajstić information content (AvgIpc) is 3.08. The van der Waals surface area contributed by atoms with Crippen molar-refractivity contribution >= 4 is 33.2 Å². The number of hydrogen-bond donors (Lipinski definition) is 2. The standard InChI is InChI=1S/C38H54ClN3O5S/c1-25-7-6-9-34(37(43)27-16-19-41(3)20-17-27)33-14-11-30(33)23-42-18-5-4-8-28-21-32(39)13-10-31(28)24-47-36-15-12-29(22-35(36)42)38(44)40-48(45,46)26(25)2/h10,12-13,15,21-22,25-27,30,33-34,37,43H,4-9,11,14,16-20,23-24H2,1-3H3,(H,40,44)/t25-,26+,30-,33?,34-,37-/m0/s1. The Hall–Kier alpha value is -2.33. The van der Waals surface area contributed by atoms with Gasteiger partial charge >= 0.3 is 0 Å². The van der Waals surface area contributed by atoms with Crippen LogP contribution < -0.4 is 14.4 Å². The van der Waals surface area contributed by atoms with Gasteiger partial charge < -0.3 is 19.6 Å². The molecule has 2 N–H and O–H groups in total. The summed E-state index contributed by atoms with van der Waals surface area (Å²) in [4.78, 5) is 18.2. The van der Waals surface area contributed by atoms with E-state index in [-0.39, 0.29) is 17.9 Å². The predicted molar refractivity (Wildman–Crippen MR) is 192 cm³/mol. The lowest BCUT2D eigenvalue weighted by atomic mass is 9.62. The zero-order valence-electron chi connectivity index (χ0n) is 28.9. The van der Waals surface area contributed by atoms with Crippen LogP contribution in [0.1, 0.15) is 93.1 Å². The molecule has 2 fully saturated rings. The maximum Gasteiger partial charge on any atom is 0.264 e. The average molecular weight is 700 g/mol. The van der Waals surface area contributed by atoms with E-state index in [0.29, 0.717) is 35.7 Å². The zero-order valence-corrected chi connectivity index (χ0v) is 30.4. The Bertz CT molecular complexity index is 1540. The van der Waals surface area contributed by atoms with E-state index in [1.54, 1.807) is 13.0 Å². The van der Waals surface area contributed by atoms with Gasteiger partial charge in [0.25, 0.3) is 5.91 Å². The van der Waals surface area contributed by atoms with Crippen LogP contribution in [0.25, 0.3) is 0 Å². The van der Waals surface area contributed by atoms with Gasteiger partial charge in [0, 0.05) is 23.7 Å². The molecule has 10 heteroatoms. The number of benzene rings is 2. The number of carbonyl (C=O) groups excluding carboxylic acids is 1. The molecule has 1 aliphatic carbocycles. The molecule has 0 aromatic heterocycles. The smallest absolute Gasteiger partial charge is 0.264 e. The molecule has 1 saturated carbocycles. The van der Waals surface area contributed by atoms with Gasteiger partial charge in [-0.3, -0.25) is 4.79 Å². The van der Waals surface area contributed by atoms with Crippen LogP contribution in [0, 0.1) is 29.6 Å². The highest BCUT2D eigenvalue weighted by Gasteiger charge is 2.43. The van der Waals surface area contributed by atoms with Gasteiger partial charge in [0.2, 0.25) is 10.0 Å². The summed E-state index contributed by atoms with van der Waals surface area (Å²) in [5, 5.41) is 12.0. The lowest BCUT2D eigenvalue weighted by Crippen LogP contribution is -2.48. The first kappa shape index (κ1) is 35.5. The van der Waals surface area contributed by atoms with Gasteiger partial charge in [-0.25, -0.2) is 13.1 Å². The topological polar surface area (TPSA) is 99.2 Å². The molecule has 2 bridgehead atoms. The Kier molecular flexibility index (Phi) is 11.3. The highest BCUT2D eigenvalue weighted by atomic mass is 35.5. The van der Waals surface area contributed by atoms with Crippen LogP contribution in [0.15, 0.2) is 36.4 Å². The number of aliphatic hydroxyl groups excluding tert-OH is 1. The summed E-state index contributed by atoms with van der Waals surface area (Å²) in [6, 6.07) is 11.3. The van der Waals surface area contributed by atoms with Crippen LogP contribution in [0.4, 0.5) is 5.69 Å². The Balaban J connectivity index is 1.36. The predicted octanol–water partition coefficient (Wildman–Crippen LogP) is 6.67. The SMILES string of the molecule is C[C@@H]1[C@@H](C)CCC[C@H]([C@@H](O)C2CCN(C)CC2)C2CC[C@H]2CN2CCCCc3cc(Cl)ccc3COc3ccc(cc32)C(=O)NS1(=O)=O. The molecule has 0 radical (unpaired) electrons. The van der Waals surface area contributed by atoms with Crippen molar-refractivity contribution in [1.82, 2.24) is 9.62 Å². The summed E-state index contributed by atoms with van der Waals surface area (Å²) < 4.78 is 35.8. The van der Waals surface area contributed by atoms with Gasteiger partial charge in [0.1, 0.15) is 12.4 Å². The summed E-state index contributed by atoms with van der Waals surface area (Å²) in [6.45, 7) is 7.68. The first-order chi connectivity index (χ1) is 23.0. The minimum Gasteiger partial charge on any atom is -0.487 e. The second-order valence-electron chi connectivity index (χ2n) is 15.2. The van der Waals surface area contributed by atoms with Crippen molar-refractivity contribution in [3.8, 4) is 5.75 Å². The second kappa shape index (κ2) is 15.3. The maximum atomic E-state index is 13.5. The molecular formula is C38H54ClN3O5S. The largest absolute Gasteiger partial charge is 0.487 e. The molecule has 8 nitrogen and oxygen atoms in total. The van der Waals surface area contributed by atoms with E-state index >= 15 is 0 Å². The number of amides is 1. The van der Waals surface area contributed by atoms with Crippen molar-refractivity contribution in [3.05, 3.63) is 58.1 Å². The number of nitrogens with zero attached hydrogens (tertiary/aromatic N) is 2. The number of ether oxygens (including phenoxy) is 1. The van der Waals surface area contributed by atoms with E-state index in [4.69, 9.17) is 16.3 Å². The molecule has 48 heavy (non-hydrogen) atoms. The summed E-state index contributed by atoms with van der Waals surface area (Å²) in [5.41, 5.74) is 3.41. The number of anilines is 1. The molecule has 3 aliphatic heterocycles. The summed E-state index contributed by atoms with van der Waals surface area (Å²) in [5.74, 6) is 1.26.